The molecule has 2 aliphatic heterocycles. The molecule has 3 heterocycles. The fourth-order valence-electron chi connectivity index (χ4n) is 2.49. The molecule has 1 aromatic heterocycles. The molecular weight excluding hydrogens is 385 g/mol. The third kappa shape index (κ3) is 2.70. The Kier molecular flexibility index (Phi) is 3.62. The summed E-state index contributed by atoms with van der Waals surface area (Å²) in [5.41, 5.74) is 0.525. The van der Waals surface area contributed by atoms with Crippen molar-refractivity contribution in [2.75, 3.05) is 13.2 Å². The van der Waals surface area contributed by atoms with E-state index < -0.39 is 16.2 Å². The van der Waals surface area contributed by atoms with Gasteiger partial charge in [-0.3, -0.25) is 0 Å². The second-order valence-electron chi connectivity index (χ2n) is 4.98. The van der Waals surface area contributed by atoms with Crippen molar-refractivity contribution in [2.24, 2.45) is 0 Å². The second kappa shape index (κ2) is 5.46. The lowest BCUT2D eigenvalue weighted by molar-refractivity contribution is -0.178. The van der Waals surface area contributed by atoms with Crippen LogP contribution in [0.2, 0.25) is 10.0 Å². The summed E-state index contributed by atoms with van der Waals surface area (Å²) in [6.45, 7) is 0.604. The summed E-state index contributed by atoms with van der Waals surface area (Å²) >= 11 is 12.2. The lowest BCUT2D eigenvalue weighted by Crippen LogP contribution is -2.34. The minimum atomic E-state index is -4.21. The smallest absolute Gasteiger partial charge is 0.342 e. The first-order valence-corrected chi connectivity index (χ1v) is 8.78. The summed E-state index contributed by atoms with van der Waals surface area (Å²) in [4.78, 5) is 3.78. The van der Waals surface area contributed by atoms with Gasteiger partial charge in [0.2, 0.25) is 5.79 Å². The highest BCUT2D eigenvalue weighted by atomic mass is 35.5. The van der Waals surface area contributed by atoms with E-state index in [1.54, 1.807) is 18.2 Å². The molecule has 0 atom stereocenters. The van der Waals surface area contributed by atoms with E-state index in [1.807, 2.05) is 0 Å². The van der Waals surface area contributed by atoms with Gasteiger partial charge < -0.3 is 17.8 Å². The summed E-state index contributed by atoms with van der Waals surface area (Å²) in [7, 11) is -4.21. The zero-order chi connectivity index (χ0) is 16.9. The quantitative estimate of drug-likeness (QED) is 0.772. The van der Waals surface area contributed by atoms with Gasteiger partial charge >= 0.3 is 22.4 Å². The van der Waals surface area contributed by atoms with E-state index in [0.717, 1.165) is 0 Å². The summed E-state index contributed by atoms with van der Waals surface area (Å²) in [5.74, 6) is -1.28. The fourth-order valence-corrected chi connectivity index (χ4v) is 3.64. The number of nitrogens with zero attached hydrogens (tertiary/aromatic N) is 3. The number of hydrogen-bond donors (Lipinski definition) is 0. The molecule has 1 saturated heterocycles. The van der Waals surface area contributed by atoms with Crippen LogP contribution in [0.5, 0.6) is 12.0 Å². The number of halogens is 2. The van der Waals surface area contributed by atoms with Crippen LogP contribution in [0, 0.1) is 0 Å². The summed E-state index contributed by atoms with van der Waals surface area (Å²) in [6.07, 6.45) is 0. The summed E-state index contributed by atoms with van der Waals surface area (Å²) in [6, 6.07) is 4.28. The standard InChI is InChI=1S/C12H9Cl2N3O6S/c13-7-1-2-8(9(14)5-7)12(20-3-4-21-12)6-17-11-15-10(16-17)22-24(18,19)23-11/h1-2,5H,3-4,6H2. The first-order chi connectivity index (χ1) is 11.4. The minimum Gasteiger partial charge on any atom is -0.342 e. The molecule has 24 heavy (non-hydrogen) atoms. The molecule has 0 radical (unpaired) electrons. The third-order valence-corrected chi connectivity index (χ3v) is 4.68. The Balaban J connectivity index is 1.74. The van der Waals surface area contributed by atoms with Crippen LogP contribution in [0.4, 0.5) is 0 Å². The average molecular weight is 394 g/mol. The normalized spacial score (nSPS) is 20.4. The second-order valence-corrected chi connectivity index (χ2v) is 6.98. The van der Waals surface area contributed by atoms with Crippen LogP contribution in [0.15, 0.2) is 18.2 Å². The molecule has 0 aliphatic carbocycles. The van der Waals surface area contributed by atoms with Gasteiger partial charge in [0.1, 0.15) is 6.54 Å². The van der Waals surface area contributed by atoms with Crippen LogP contribution >= 0.6 is 23.2 Å². The van der Waals surface area contributed by atoms with Gasteiger partial charge in [0, 0.05) is 10.6 Å². The van der Waals surface area contributed by atoms with E-state index >= 15 is 0 Å². The largest absolute Gasteiger partial charge is 0.506 e. The van der Waals surface area contributed by atoms with Gasteiger partial charge in [-0.05, 0) is 12.1 Å². The number of benzene rings is 1. The van der Waals surface area contributed by atoms with E-state index in [-0.39, 0.29) is 18.6 Å². The van der Waals surface area contributed by atoms with Gasteiger partial charge in [0.15, 0.2) is 0 Å². The predicted octanol–water partition coefficient (Wildman–Crippen LogP) is 1.50. The fraction of sp³-hybridized carbons (Fsp3) is 0.333. The molecule has 1 fully saturated rings. The number of fused-ring (bicyclic) bond motifs is 2. The zero-order valence-electron chi connectivity index (χ0n) is 11.8. The first kappa shape index (κ1) is 15.9. The van der Waals surface area contributed by atoms with Crippen molar-refractivity contribution in [1.82, 2.24) is 14.8 Å². The van der Waals surface area contributed by atoms with Gasteiger partial charge in [-0.2, -0.15) is 0 Å². The Hall–Kier alpha value is -1.59. The first-order valence-electron chi connectivity index (χ1n) is 6.69. The Morgan fingerprint density at radius 3 is 2.67 bits per heavy atom. The Labute approximate surface area is 146 Å². The van der Waals surface area contributed by atoms with Gasteiger partial charge in [-0.25, -0.2) is 4.68 Å². The lowest BCUT2D eigenvalue weighted by atomic mass is 10.1. The molecule has 2 aliphatic rings. The minimum absolute atomic E-state index is 0.0461. The molecule has 2 bridgehead atoms. The van der Waals surface area contributed by atoms with Crippen LogP contribution in [0.25, 0.3) is 0 Å². The number of ether oxygens (including phenoxy) is 2. The Bertz CT molecular complexity index is 910. The number of hydrogen-bond acceptors (Lipinski definition) is 8. The highest BCUT2D eigenvalue weighted by Gasteiger charge is 2.43. The van der Waals surface area contributed by atoms with Crippen molar-refractivity contribution in [3.8, 4) is 12.0 Å². The predicted molar refractivity (Wildman–Crippen MR) is 80.2 cm³/mol. The maximum absolute atomic E-state index is 11.4. The van der Waals surface area contributed by atoms with Gasteiger partial charge in [-0.1, -0.05) is 29.3 Å². The molecule has 0 saturated carbocycles. The van der Waals surface area contributed by atoms with Crippen LogP contribution < -0.4 is 8.37 Å². The van der Waals surface area contributed by atoms with Crippen molar-refractivity contribution in [2.45, 2.75) is 12.3 Å². The highest BCUT2D eigenvalue weighted by Crippen LogP contribution is 2.39. The number of rotatable bonds is 3. The monoisotopic (exact) mass is 393 g/mol. The molecule has 0 spiro atoms. The van der Waals surface area contributed by atoms with E-state index in [1.165, 1.54) is 4.68 Å². The Morgan fingerprint density at radius 1 is 1.21 bits per heavy atom. The maximum atomic E-state index is 11.4. The highest BCUT2D eigenvalue weighted by molar-refractivity contribution is 7.82. The molecule has 1 aromatic carbocycles. The summed E-state index contributed by atoms with van der Waals surface area (Å²) < 4.78 is 44.6. The van der Waals surface area contributed by atoms with Gasteiger partial charge in [0.05, 0.1) is 18.2 Å². The zero-order valence-corrected chi connectivity index (χ0v) is 14.1. The molecule has 128 valence electrons. The van der Waals surface area contributed by atoms with Crippen LogP contribution in [0.3, 0.4) is 0 Å². The van der Waals surface area contributed by atoms with Crippen LogP contribution in [-0.4, -0.2) is 36.4 Å². The average Bonchev–Trinajstić information content (AvgIpc) is 3.04. The topological polar surface area (TPSA) is 102 Å². The molecule has 2 aromatic rings. The van der Waals surface area contributed by atoms with E-state index in [9.17, 15) is 8.42 Å². The molecule has 0 amide bonds. The van der Waals surface area contributed by atoms with Crippen LogP contribution in [-0.2, 0) is 32.2 Å². The molecule has 9 nitrogen and oxygen atoms in total. The number of aromatic nitrogens is 3. The van der Waals surface area contributed by atoms with E-state index in [4.69, 9.17) is 32.7 Å². The van der Waals surface area contributed by atoms with E-state index in [2.05, 4.69) is 18.4 Å². The van der Waals surface area contributed by atoms with Gasteiger partial charge in [0.25, 0.3) is 0 Å². The van der Waals surface area contributed by atoms with Crippen molar-refractivity contribution >= 4 is 33.6 Å². The van der Waals surface area contributed by atoms with Crippen molar-refractivity contribution in [3.63, 3.8) is 0 Å². The lowest BCUT2D eigenvalue weighted by Gasteiger charge is -2.28. The molecular formula is C12H9Cl2N3O6S. The SMILES string of the molecule is O=S1(=O)Oc2nc(n(CC3(c4ccc(Cl)cc4Cl)OCCO3)n2)O1. The third-order valence-electron chi connectivity index (χ3n) is 3.42. The maximum Gasteiger partial charge on any atom is 0.506 e. The molecule has 12 heteroatoms. The molecule has 0 unspecified atom stereocenters. The molecule has 0 N–H and O–H groups in total. The van der Waals surface area contributed by atoms with E-state index in [0.29, 0.717) is 28.8 Å². The van der Waals surface area contributed by atoms with Gasteiger partial charge in [-0.15, -0.1) is 18.5 Å². The van der Waals surface area contributed by atoms with Crippen molar-refractivity contribution < 1.29 is 26.3 Å². The molecule has 4 rings (SSSR count). The van der Waals surface area contributed by atoms with Crippen molar-refractivity contribution in [3.05, 3.63) is 33.8 Å². The Morgan fingerprint density at radius 2 is 1.96 bits per heavy atom. The summed E-state index contributed by atoms with van der Waals surface area (Å²) in [5, 5.41) is 4.72. The van der Waals surface area contributed by atoms with Crippen LogP contribution in [0.1, 0.15) is 5.56 Å². The van der Waals surface area contributed by atoms with Crippen molar-refractivity contribution in [1.29, 1.82) is 0 Å².